The highest BCUT2D eigenvalue weighted by Gasteiger charge is 2.51. The minimum absolute atomic E-state index is 0.574. The molecule has 0 aromatic carbocycles. The highest BCUT2D eigenvalue weighted by molar-refractivity contribution is 5.02. The van der Waals surface area contributed by atoms with Gasteiger partial charge >= 0.3 is 0 Å². The average molecular weight is 317 g/mol. The van der Waals surface area contributed by atoms with Gasteiger partial charge < -0.3 is 4.52 Å². The summed E-state index contributed by atoms with van der Waals surface area (Å²) in [6.45, 7) is 6.38. The third-order valence-electron chi connectivity index (χ3n) is 6.28. The molecular formula is C19H31N3O. The minimum atomic E-state index is 0.574. The predicted molar refractivity (Wildman–Crippen MR) is 89.8 cm³/mol. The first-order chi connectivity index (χ1) is 11.0. The summed E-state index contributed by atoms with van der Waals surface area (Å²) in [6.07, 6.45) is 9.85. The van der Waals surface area contributed by atoms with Crippen molar-refractivity contribution in [2.45, 2.75) is 65.3 Å². The van der Waals surface area contributed by atoms with Crippen LogP contribution in [0.3, 0.4) is 0 Å². The fraction of sp³-hybridized carbons (Fsp3) is 0.895. The van der Waals surface area contributed by atoms with Gasteiger partial charge in [-0.05, 0) is 74.7 Å². The third-order valence-corrected chi connectivity index (χ3v) is 6.28. The van der Waals surface area contributed by atoms with Gasteiger partial charge in [0.05, 0.1) is 6.54 Å². The molecule has 4 saturated carbocycles. The van der Waals surface area contributed by atoms with Crippen molar-refractivity contribution >= 4 is 0 Å². The number of nitrogens with zero attached hydrogens (tertiary/aromatic N) is 3. The lowest BCUT2D eigenvalue weighted by Crippen LogP contribution is -2.50. The lowest BCUT2D eigenvalue weighted by molar-refractivity contribution is -0.0677. The minimum Gasteiger partial charge on any atom is -0.338 e. The zero-order valence-corrected chi connectivity index (χ0v) is 14.9. The van der Waals surface area contributed by atoms with Crippen molar-refractivity contribution in [1.29, 1.82) is 0 Å². The Morgan fingerprint density at radius 1 is 1.13 bits per heavy atom. The summed E-state index contributed by atoms with van der Waals surface area (Å²) >= 11 is 0. The lowest BCUT2D eigenvalue weighted by atomic mass is 9.49. The molecule has 128 valence electrons. The van der Waals surface area contributed by atoms with Crippen molar-refractivity contribution < 1.29 is 4.52 Å². The topological polar surface area (TPSA) is 42.2 Å². The van der Waals surface area contributed by atoms with Gasteiger partial charge in [-0.25, -0.2) is 0 Å². The van der Waals surface area contributed by atoms with Crippen molar-refractivity contribution in [2.24, 2.45) is 29.1 Å². The molecule has 1 heterocycles. The molecule has 0 amide bonds. The van der Waals surface area contributed by atoms with Crippen molar-refractivity contribution in [2.75, 3.05) is 13.6 Å². The molecule has 4 fully saturated rings. The monoisotopic (exact) mass is 317 g/mol. The maximum Gasteiger partial charge on any atom is 0.240 e. The summed E-state index contributed by atoms with van der Waals surface area (Å²) in [5.74, 6) is 5.29. The van der Waals surface area contributed by atoms with Crippen LogP contribution in [-0.4, -0.2) is 28.6 Å². The average Bonchev–Trinajstić information content (AvgIpc) is 2.82. The summed E-state index contributed by atoms with van der Waals surface area (Å²) in [5.41, 5.74) is 0.588. The molecule has 1 aromatic rings. The maximum absolute atomic E-state index is 5.45. The standard InChI is InChI=1S/C19H31N3O/c1-13(2)4-17-20-18(23-21-17)11-22(3)12-19-8-14-5-15(9-19)7-16(6-14)10-19/h13-16H,4-12H2,1-3H3. The molecule has 0 N–H and O–H groups in total. The molecule has 0 radical (unpaired) electrons. The quantitative estimate of drug-likeness (QED) is 0.797. The Balaban J connectivity index is 1.36. The first-order valence-electron chi connectivity index (χ1n) is 9.50. The number of hydrogen-bond donors (Lipinski definition) is 0. The van der Waals surface area contributed by atoms with Gasteiger partial charge in [0.2, 0.25) is 5.89 Å². The van der Waals surface area contributed by atoms with Crippen LogP contribution in [0.5, 0.6) is 0 Å². The second-order valence-electron chi connectivity index (χ2n) is 9.29. The molecule has 1 aromatic heterocycles. The van der Waals surface area contributed by atoms with E-state index in [2.05, 4.69) is 35.9 Å². The van der Waals surface area contributed by atoms with Crippen molar-refractivity contribution in [3.05, 3.63) is 11.7 Å². The van der Waals surface area contributed by atoms with E-state index in [1.165, 1.54) is 45.1 Å². The van der Waals surface area contributed by atoms with Crippen LogP contribution in [0, 0.1) is 29.1 Å². The summed E-state index contributed by atoms with van der Waals surface area (Å²) in [6, 6.07) is 0. The smallest absolute Gasteiger partial charge is 0.240 e. The maximum atomic E-state index is 5.45. The van der Waals surface area contributed by atoms with E-state index in [0.29, 0.717) is 11.3 Å². The van der Waals surface area contributed by atoms with Crippen LogP contribution in [0.2, 0.25) is 0 Å². The molecule has 4 aliphatic carbocycles. The van der Waals surface area contributed by atoms with E-state index in [4.69, 9.17) is 4.52 Å². The number of hydrogen-bond acceptors (Lipinski definition) is 4. The second-order valence-corrected chi connectivity index (χ2v) is 9.29. The molecule has 4 nitrogen and oxygen atoms in total. The summed E-state index contributed by atoms with van der Waals surface area (Å²) in [5, 5.41) is 4.12. The molecule has 23 heavy (non-hydrogen) atoms. The van der Waals surface area contributed by atoms with Crippen LogP contribution < -0.4 is 0 Å². The Kier molecular flexibility index (Phi) is 3.99. The molecule has 4 aliphatic rings. The van der Waals surface area contributed by atoms with Gasteiger partial charge in [0.25, 0.3) is 0 Å². The van der Waals surface area contributed by atoms with E-state index in [-0.39, 0.29) is 0 Å². The van der Waals surface area contributed by atoms with E-state index in [1.54, 1.807) is 0 Å². The molecule has 5 rings (SSSR count). The van der Waals surface area contributed by atoms with Gasteiger partial charge in [-0.1, -0.05) is 19.0 Å². The zero-order chi connectivity index (χ0) is 16.0. The molecule has 0 spiro atoms. The first-order valence-corrected chi connectivity index (χ1v) is 9.50. The highest BCUT2D eigenvalue weighted by atomic mass is 16.5. The molecule has 0 saturated heterocycles. The predicted octanol–water partition coefficient (Wildman–Crippen LogP) is 3.92. The lowest BCUT2D eigenvalue weighted by Gasteiger charge is -2.57. The summed E-state index contributed by atoms with van der Waals surface area (Å²) in [7, 11) is 2.23. The zero-order valence-electron chi connectivity index (χ0n) is 14.9. The third kappa shape index (κ3) is 3.33. The number of aromatic nitrogens is 2. The molecule has 0 atom stereocenters. The van der Waals surface area contributed by atoms with Crippen LogP contribution >= 0.6 is 0 Å². The van der Waals surface area contributed by atoms with Gasteiger partial charge in [-0.2, -0.15) is 4.98 Å². The molecule has 4 heteroatoms. The van der Waals surface area contributed by atoms with Crippen LogP contribution in [0.1, 0.15) is 64.1 Å². The van der Waals surface area contributed by atoms with E-state index in [1.807, 2.05) is 0 Å². The summed E-state index contributed by atoms with van der Waals surface area (Å²) in [4.78, 5) is 7.00. The van der Waals surface area contributed by atoms with E-state index >= 15 is 0 Å². The highest BCUT2D eigenvalue weighted by Crippen LogP contribution is 2.60. The SMILES string of the molecule is CC(C)Cc1noc(CN(C)CC23CC4CC(CC(C4)C2)C3)n1. The summed E-state index contributed by atoms with van der Waals surface area (Å²) < 4.78 is 5.45. The second kappa shape index (κ2) is 5.87. The normalized spacial score (nSPS) is 35.6. The van der Waals surface area contributed by atoms with Gasteiger partial charge in [0.1, 0.15) is 0 Å². The van der Waals surface area contributed by atoms with Crippen LogP contribution in [-0.2, 0) is 13.0 Å². The van der Waals surface area contributed by atoms with Crippen molar-refractivity contribution in [1.82, 2.24) is 15.0 Å². The number of rotatable bonds is 6. The van der Waals surface area contributed by atoms with Gasteiger partial charge in [-0.15, -0.1) is 0 Å². The van der Waals surface area contributed by atoms with Gasteiger partial charge in [0, 0.05) is 13.0 Å². The molecular weight excluding hydrogens is 286 g/mol. The van der Waals surface area contributed by atoms with E-state index in [0.717, 1.165) is 42.4 Å². The Morgan fingerprint density at radius 2 is 1.74 bits per heavy atom. The Labute approximate surface area is 140 Å². The van der Waals surface area contributed by atoms with Crippen molar-refractivity contribution in [3.8, 4) is 0 Å². The Hall–Kier alpha value is -0.900. The van der Waals surface area contributed by atoms with Gasteiger partial charge in [0.15, 0.2) is 5.82 Å². The fourth-order valence-corrected chi connectivity index (χ4v) is 6.15. The first kappa shape index (κ1) is 15.6. The molecule has 0 unspecified atom stereocenters. The van der Waals surface area contributed by atoms with Crippen LogP contribution in [0.25, 0.3) is 0 Å². The largest absolute Gasteiger partial charge is 0.338 e. The van der Waals surface area contributed by atoms with Crippen molar-refractivity contribution in [3.63, 3.8) is 0 Å². The van der Waals surface area contributed by atoms with Crippen LogP contribution in [0.4, 0.5) is 0 Å². The fourth-order valence-electron chi connectivity index (χ4n) is 6.15. The van der Waals surface area contributed by atoms with Crippen LogP contribution in [0.15, 0.2) is 4.52 Å². The Bertz CT molecular complexity index is 515. The molecule has 0 aliphatic heterocycles. The Morgan fingerprint density at radius 3 is 2.30 bits per heavy atom. The molecule has 4 bridgehead atoms. The van der Waals surface area contributed by atoms with E-state index < -0.39 is 0 Å². The van der Waals surface area contributed by atoms with Gasteiger partial charge in [-0.3, -0.25) is 4.90 Å². The van der Waals surface area contributed by atoms with E-state index in [9.17, 15) is 0 Å².